The summed E-state index contributed by atoms with van der Waals surface area (Å²) in [5.41, 5.74) is 2.00. The topological polar surface area (TPSA) is 76.6 Å². The zero-order valence-corrected chi connectivity index (χ0v) is 14.4. The summed E-state index contributed by atoms with van der Waals surface area (Å²) in [7, 11) is 1.61. The van der Waals surface area contributed by atoms with Gasteiger partial charge in [-0.15, -0.1) is 0 Å². The van der Waals surface area contributed by atoms with E-state index in [1.807, 2.05) is 41.8 Å². The van der Waals surface area contributed by atoms with Crippen molar-refractivity contribution in [3.05, 3.63) is 53.6 Å². The van der Waals surface area contributed by atoms with Gasteiger partial charge in [0.25, 0.3) is 0 Å². The highest BCUT2D eigenvalue weighted by molar-refractivity contribution is 5.98. The number of carboxylic acids is 1. The SMILES string of the molecule is CCn1c(C(=O)O)c(CNCCc2ccco2)c2ccc(OC)cc21. The fourth-order valence-electron chi connectivity index (χ4n) is 3.16. The summed E-state index contributed by atoms with van der Waals surface area (Å²) in [6.07, 6.45) is 2.41. The van der Waals surface area contributed by atoms with Crippen LogP contribution in [0.1, 0.15) is 28.7 Å². The highest BCUT2D eigenvalue weighted by Crippen LogP contribution is 2.29. The standard InChI is InChI=1S/C19H22N2O4/c1-3-21-17-11-14(24-2)6-7-15(17)16(18(21)19(22)23)12-20-9-8-13-5-4-10-25-13/h4-7,10-11,20H,3,8-9,12H2,1-2H3,(H,22,23). The molecule has 2 N–H and O–H groups in total. The third kappa shape index (κ3) is 3.39. The lowest BCUT2D eigenvalue weighted by Gasteiger charge is -2.07. The van der Waals surface area contributed by atoms with Crippen molar-refractivity contribution >= 4 is 16.9 Å². The maximum Gasteiger partial charge on any atom is 0.352 e. The van der Waals surface area contributed by atoms with Crippen LogP contribution in [-0.2, 0) is 19.5 Å². The van der Waals surface area contributed by atoms with Crippen molar-refractivity contribution in [2.75, 3.05) is 13.7 Å². The van der Waals surface area contributed by atoms with Gasteiger partial charge in [-0.05, 0) is 31.2 Å². The van der Waals surface area contributed by atoms with E-state index >= 15 is 0 Å². The van der Waals surface area contributed by atoms with E-state index in [-0.39, 0.29) is 0 Å². The molecule has 0 atom stereocenters. The van der Waals surface area contributed by atoms with Crippen molar-refractivity contribution in [1.82, 2.24) is 9.88 Å². The molecule has 6 heteroatoms. The van der Waals surface area contributed by atoms with E-state index in [2.05, 4.69) is 5.32 Å². The van der Waals surface area contributed by atoms with E-state index in [9.17, 15) is 9.90 Å². The number of carbonyl (C=O) groups is 1. The van der Waals surface area contributed by atoms with E-state index in [4.69, 9.17) is 9.15 Å². The first-order chi connectivity index (χ1) is 12.2. The quantitative estimate of drug-likeness (QED) is 0.614. The summed E-state index contributed by atoms with van der Waals surface area (Å²) in [6.45, 7) is 3.72. The minimum Gasteiger partial charge on any atom is -0.497 e. The van der Waals surface area contributed by atoms with Crippen LogP contribution in [0.15, 0.2) is 41.0 Å². The third-order valence-corrected chi connectivity index (χ3v) is 4.33. The second-order valence-corrected chi connectivity index (χ2v) is 5.77. The van der Waals surface area contributed by atoms with Gasteiger partial charge >= 0.3 is 5.97 Å². The van der Waals surface area contributed by atoms with E-state index in [0.29, 0.717) is 31.1 Å². The molecule has 25 heavy (non-hydrogen) atoms. The second-order valence-electron chi connectivity index (χ2n) is 5.77. The number of aromatic carboxylic acids is 1. The largest absolute Gasteiger partial charge is 0.497 e. The van der Waals surface area contributed by atoms with Gasteiger partial charge in [-0.3, -0.25) is 0 Å². The summed E-state index contributed by atoms with van der Waals surface area (Å²) >= 11 is 0. The monoisotopic (exact) mass is 342 g/mol. The second kappa shape index (κ2) is 7.44. The molecule has 2 heterocycles. The molecule has 3 aromatic rings. The normalized spacial score (nSPS) is 11.1. The number of benzene rings is 1. The first-order valence-electron chi connectivity index (χ1n) is 8.31. The zero-order chi connectivity index (χ0) is 17.8. The van der Waals surface area contributed by atoms with Crippen molar-refractivity contribution in [2.24, 2.45) is 0 Å². The Hall–Kier alpha value is -2.73. The summed E-state index contributed by atoms with van der Waals surface area (Å²) in [5.74, 6) is 0.709. The van der Waals surface area contributed by atoms with Gasteiger partial charge in [-0.1, -0.05) is 0 Å². The average Bonchev–Trinajstić information content (AvgIpc) is 3.23. The first-order valence-corrected chi connectivity index (χ1v) is 8.31. The zero-order valence-electron chi connectivity index (χ0n) is 14.4. The highest BCUT2D eigenvalue weighted by Gasteiger charge is 2.21. The van der Waals surface area contributed by atoms with Crippen LogP contribution in [0, 0.1) is 0 Å². The van der Waals surface area contributed by atoms with Gasteiger partial charge in [0.15, 0.2) is 0 Å². The smallest absolute Gasteiger partial charge is 0.352 e. The minimum absolute atomic E-state index is 0.330. The Kier molecular flexibility index (Phi) is 5.09. The molecule has 0 spiro atoms. The summed E-state index contributed by atoms with van der Waals surface area (Å²) < 4.78 is 12.4. The number of nitrogens with one attached hydrogen (secondary N) is 1. The van der Waals surface area contributed by atoms with Crippen LogP contribution in [-0.4, -0.2) is 29.3 Å². The molecule has 6 nitrogen and oxygen atoms in total. The minimum atomic E-state index is -0.917. The van der Waals surface area contributed by atoms with Gasteiger partial charge in [0.2, 0.25) is 0 Å². The Morgan fingerprint density at radius 2 is 2.20 bits per heavy atom. The molecule has 0 radical (unpaired) electrons. The highest BCUT2D eigenvalue weighted by atomic mass is 16.5. The van der Waals surface area contributed by atoms with E-state index in [1.54, 1.807) is 13.4 Å². The number of ether oxygens (including phenoxy) is 1. The van der Waals surface area contributed by atoms with E-state index in [1.165, 1.54) is 0 Å². The van der Waals surface area contributed by atoms with Crippen molar-refractivity contribution in [3.8, 4) is 5.75 Å². The Morgan fingerprint density at radius 3 is 2.84 bits per heavy atom. The predicted octanol–water partition coefficient (Wildman–Crippen LogP) is 3.29. The fourth-order valence-corrected chi connectivity index (χ4v) is 3.16. The summed E-state index contributed by atoms with van der Waals surface area (Å²) in [4.78, 5) is 11.9. The number of methoxy groups -OCH3 is 1. The molecule has 0 amide bonds. The number of rotatable bonds is 8. The number of aromatic nitrogens is 1. The molecular weight excluding hydrogens is 320 g/mol. The van der Waals surface area contributed by atoms with Crippen molar-refractivity contribution in [1.29, 1.82) is 0 Å². The van der Waals surface area contributed by atoms with Crippen molar-refractivity contribution in [3.63, 3.8) is 0 Å². The maximum atomic E-state index is 11.9. The number of furan rings is 1. The average molecular weight is 342 g/mol. The van der Waals surface area contributed by atoms with Crippen LogP contribution in [0.2, 0.25) is 0 Å². The van der Waals surface area contributed by atoms with Gasteiger partial charge in [-0.2, -0.15) is 0 Å². The molecule has 0 fully saturated rings. The first kappa shape index (κ1) is 17.1. The molecule has 0 bridgehead atoms. The van der Waals surface area contributed by atoms with Crippen LogP contribution < -0.4 is 10.1 Å². The van der Waals surface area contributed by atoms with E-state index in [0.717, 1.165) is 28.6 Å². The molecule has 0 aliphatic carbocycles. The number of hydrogen-bond donors (Lipinski definition) is 2. The Morgan fingerprint density at radius 1 is 1.36 bits per heavy atom. The predicted molar refractivity (Wildman–Crippen MR) is 95.2 cm³/mol. The number of aryl methyl sites for hydroxylation is 1. The van der Waals surface area contributed by atoms with Crippen LogP contribution in [0.5, 0.6) is 5.75 Å². The molecule has 1 aromatic carbocycles. The lowest BCUT2D eigenvalue weighted by molar-refractivity contribution is 0.0684. The molecule has 0 aliphatic rings. The molecule has 0 saturated heterocycles. The van der Waals surface area contributed by atoms with Gasteiger partial charge in [-0.25, -0.2) is 4.79 Å². The molecule has 2 aromatic heterocycles. The maximum absolute atomic E-state index is 11.9. The number of hydrogen-bond acceptors (Lipinski definition) is 4. The fraction of sp³-hybridized carbons (Fsp3) is 0.316. The lowest BCUT2D eigenvalue weighted by atomic mass is 10.1. The Labute approximate surface area is 146 Å². The number of fused-ring (bicyclic) bond motifs is 1. The van der Waals surface area contributed by atoms with Gasteiger partial charge in [0.05, 0.1) is 18.9 Å². The number of nitrogens with zero attached hydrogens (tertiary/aromatic N) is 1. The van der Waals surface area contributed by atoms with Crippen LogP contribution in [0.4, 0.5) is 0 Å². The third-order valence-electron chi connectivity index (χ3n) is 4.33. The van der Waals surface area contributed by atoms with Crippen molar-refractivity contribution < 1.29 is 19.1 Å². The summed E-state index contributed by atoms with van der Waals surface area (Å²) in [5, 5.41) is 14.0. The van der Waals surface area contributed by atoms with Crippen LogP contribution in [0.3, 0.4) is 0 Å². The molecule has 0 saturated carbocycles. The molecule has 0 aliphatic heterocycles. The van der Waals surface area contributed by atoms with Gasteiger partial charge in [0.1, 0.15) is 17.2 Å². The van der Waals surface area contributed by atoms with Crippen LogP contribution in [0.25, 0.3) is 10.9 Å². The lowest BCUT2D eigenvalue weighted by Crippen LogP contribution is -2.19. The van der Waals surface area contributed by atoms with E-state index < -0.39 is 5.97 Å². The Balaban J connectivity index is 1.89. The van der Waals surface area contributed by atoms with Crippen LogP contribution >= 0.6 is 0 Å². The molecular formula is C19H22N2O4. The molecule has 0 unspecified atom stereocenters. The van der Waals surface area contributed by atoms with Crippen molar-refractivity contribution in [2.45, 2.75) is 26.4 Å². The summed E-state index contributed by atoms with van der Waals surface area (Å²) in [6, 6.07) is 9.47. The van der Waals surface area contributed by atoms with Gasteiger partial charge in [0, 0.05) is 43.1 Å². The molecule has 3 rings (SSSR count). The van der Waals surface area contributed by atoms with Gasteiger partial charge < -0.3 is 24.1 Å². The number of carboxylic acid groups (broad SMARTS) is 1. The Bertz CT molecular complexity index is 865. The molecule has 132 valence electrons.